The van der Waals surface area contributed by atoms with Gasteiger partial charge in [-0.15, -0.1) is 0 Å². The van der Waals surface area contributed by atoms with Crippen molar-refractivity contribution in [2.24, 2.45) is 0 Å². The molecular formula is C15H21N3O3. The van der Waals surface area contributed by atoms with E-state index in [9.17, 15) is 9.59 Å². The Balaban J connectivity index is 1.91. The SMILES string of the molecule is CC1(C)COCCN1C(=O)CNC(=O)c1ccc(N)cc1. The van der Waals surface area contributed by atoms with E-state index in [1.54, 1.807) is 29.2 Å². The van der Waals surface area contributed by atoms with Crippen molar-refractivity contribution in [2.75, 3.05) is 32.0 Å². The summed E-state index contributed by atoms with van der Waals surface area (Å²) in [5.74, 6) is -0.387. The van der Waals surface area contributed by atoms with E-state index in [4.69, 9.17) is 10.5 Å². The van der Waals surface area contributed by atoms with Crippen molar-refractivity contribution in [3.05, 3.63) is 29.8 Å². The average molecular weight is 291 g/mol. The molecule has 2 amide bonds. The van der Waals surface area contributed by atoms with Gasteiger partial charge in [0.15, 0.2) is 0 Å². The summed E-state index contributed by atoms with van der Waals surface area (Å²) in [6.07, 6.45) is 0. The number of ether oxygens (including phenoxy) is 1. The van der Waals surface area contributed by atoms with Crippen molar-refractivity contribution >= 4 is 17.5 Å². The van der Waals surface area contributed by atoms with E-state index in [-0.39, 0.29) is 23.9 Å². The van der Waals surface area contributed by atoms with E-state index in [0.29, 0.717) is 31.0 Å². The van der Waals surface area contributed by atoms with Crippen LogP contribution in [0, 0.1) is 0 Å². The molecule has 1 aromatic carbocycles. The second kappa shape index (κ2) is 6.13. The Morgan fingerprint density at radius 2 is 2.00 bits per heavy atom. The predicted molar refractivity (Wildman–Crippen MR) is 79.8 cm³/mol. The standard InChI is InChI=1S/C15H21N3O3/c1-15(2)10-21-8-7-18(15)13(19)9-17-14(20)11-3-5-12(16)6-4-11/h3-6H,7-10,16H2,1-2H3,(H,17,20). The van der Waals surface area contributed by atoms with Crippen molar-refractivity contribution in [1.29, 1.82) is 0 Å². The van der Waals surface area contributed by atoms with Crippen molar-refractivity contribution < 1.29 is 14.3 Å². The van der Waals surface area contributed by atoms with Crippen LogP contribution in [0.1, 0.15) is 24.2 Å². The van der Waals surface area contributed by atoms with Gasteiger partial charge >= 0.3 is 0 Å². The third-order valence-corrected chi connectivity index (χ3v) is 3.52. The minimum Gasteiger partial charge on any atom is -0.399 e. The Labute approximate surface area is 124 Å². The molecular weight excluding hydrogens is 270 g/mol. The maximum absolute atomic E-state index is 12.2. The normalized spacial score (nSPS) is 17.3. The molecule has 0 bridgehead atoms. The first-order valence-electron chi connectivity index (χ1n) is 6.92. The van der Waals surface area contributed by atoms with E-state index in [0.717, 1.165) is 0 Å². The first-order valence-corrected chi connectivity index (χ1v) is 6.92. The number of anilines is 1. The number of nitrogens with two attached hydrogens (primary N) is 1. The van der Waals surface area contributed by atoms with Crippen LogP contribution in [0.2, 0.25) is 0 Å². The van der Waals surface area contributed by atoms with Crippen molar-refractivity contribution in [3.63, 3.8) is 0 Å². The smallest absolute Gasteiger partial charge is 0.251 e. The van der Waals surface area contributed by atoms with Crippen LogP contribution in [0.25, 0.3) is 0 Å². The van der Waals surface area contributed by atoms with Gasteiger partial charge in [-0.3, -0.25) is 9.59 Å². The summed E-state index contributed by atoms with van der Waals surface area (Å²) in [4.78, 5) is 25.9. The van der Waals surface area contributed by atoms with Gasteiger partial charge in [-0.2, -0.15) is 0 Å². The molecule has 1 fully saturated rings. The molecule has 0 aliphatic carbocycles. The lowest BCUT2D eigenvalue weighted by Gasteiger charge is -2.42. The summed E-state index contributed by atoms with van der Waals surface area (Å²) in [5.41, 5.74) is 6.31. The highest BCUT2D eigenvalue weighted by Crippen LogP contribution is 2.18. The van der Waals surface area contributed by atoms with Crippen LogP contribution in [0.4, 0.5) is 5.69 Å². The van der Waals surface area contributed by atoms with E-state index in [2.05, 4.69) is 5.32 Å². The van der Waals surface area contributed by atoms with Crippen LogP contribution in [-0.4, -0.2) is 48.6 Å². The van der Waals surface area contributed by atoms with Crippen molar-refractivity contribution in [2.45, 2.75) is 19.4 Å². The van der Waals surface area contributed by atoms with E-state index in [1.165, 1.54) is 0 Å². The lowest BCUT2D eigenvalue weighted by Crippen LogP contribution is -2.57. The fraction of sp³-hybridized carbons (Fsp3) is 0.467. The molecule has 2 rings (SSSR count). The van der Waals surface area contributed by atoms with Gasteiger partial charge in [-0.1, -0.05) is 0 Å². The summed E-state index contributed by atoms with van der Waals surface area (Å²) >= 11 is 0. The molecule has 0 aromatic heterocycles. The number of benzene rings is 1. The Bertz CT molecular complexity index is 525. The van der Waals surface area contributed by atoms with Crippen LogP contribution in [0.3, 0.4) is 0 Å². The molecule has 0 spiro atoms. The van der Waals surface area contributed by atoms with Gasteiger partial charge in [0.1, 0.15) is 0 Å². The molecule has 0 saturated carbocycles. The third-order valence-electron chi connectivity index (χ3n) is 3.52. The van der Waals surface area contributed by atoms with Crippen molar-refractivity contribution in [3.8, 4) is 0 Å². The van der Waals surface area contributed by atoms with Gasteiger partial charge < -0.3 is 20.7 Å². The first kappa shape index (κ1) is 15.3. The second-order valence-electron chi connectivity index (χ2n) is 5.72. The Morgan fingerprint density at radius 1 is 1.33 bits per heavy atom. The molecule has 3 N–H and O–H groups in total. The van der Waals surface area contributed by atoms with E-state index >= 15 is 0 Å². The maximum Gasteiger partial charge on any atom is 0.251 e. The number of nitrogen functional groups attached to an aromatic ring is 1. The minimum atomic E-state index is -0.346. The highest BCUT2D eigenvalue weighted by molar-refractivity contribution is 5.96. The number of carbonyl (C=O) groups is 2. The molecule has 1 heterocycles. The van der Waals surface area contributed by atoms with Crippen molar-refractivity contribution in [1.82, 2.24) is 10.2 Å². The molecule has 6 nitrogen and oxygen atoms in total. The van der Waals surface area contributed by atoms with Gasteiger partial charge in [0.25, 0.3) is 5.91 Å². The minimum absolute atomic E-state index is 0.0212. The lowest BCUT2D eigenvalue weighted by molar-refractivity contribution is -0.145. The number of nitrogens with zero attached hydrogens (tertiary/aromatic N) is 1. The molecule has 1 aliphatic heterocycles. The highest BCUT2D eigenvalue weighted by Gasteiger charge is 2.33. The molecule has 21 heavy (non-hydrogen) atoms. The Kier molecular flexibility index (Phi) is 4.47. The Morgan fingerprint density at radius 3 is 2.62 bits per heavy atom. The zero-order chi connectivity index (χ0) is 15.5. The molecule has 1 saturated heterocycles. The van der Waals surface area contributed by atoms with Crippen LogP contribution in [-0.2, 0) is 9.53 Å². The molecule has 0 radical (unpaired) electrons. The quantitative estimate of drug-likeness (QED) is 0.800. The maximum atomic E-state index is 12.2. The van der Waals surface area contributed by atoms with Gasteiger partial charge in [-0.05, 0) is 38.1 Å². The number of rotatable bonds is 3. The highest BCUT2D eigenvalue weighted by atomic mass is 16.5. The zero-order valence-electron chi connectivity index (χ0n) is 12.4. The fourth-order valence-corrected chi connectivity index (χ4v) is 2.31. The van der Waals surface area contributed by atoms with Crippen LogP contribution in [0.15, 0.2) is 24.3 Å². The summed E-state index contributed by atoms with van der Waals surface area (Å²) < 4.78 is 5.38. The van der Waals surface area contributed by atoms with Gasteiger partial charge in [0.2, 0.25) is 5.91 Å². The first-order chi connectivity index (χ1) is 9.90. The van der Waals surface area contributed by atoms with Gasteiger partial charge in [0, 0.05) is 17.8 Å². The summed E-state index contributed by atoms with van der Waals surface area (Å²) in [6.45, 7) is 5.46. The molecule has 1 aliphatic rings. The number of carbonyl (C=O) groups excluding carboxylic acids is 2. The number of hydrogen-bond donors (Lipinski definition) is 2. The van der Waals surface area contributed by atoms with E-state index < -0.39 is 0 Å². The third kappa shape index (κ3) is 3.72. The van der Waals surface area contributed by atoms with Crippen LogP contribution in [0.5, 0.6) is 0 Å². The summed E-state index contributed by atoms with van der Waals surface area (Å²) in [7, 11) is 0. The lowest BCUT2D eigenvalue weighted by atomic mass is 10.0. The second-order valence-corrected chi connectivity index (χ2v) is 5.72. The molecule has 6 heteroatoms. The van der Waals surface area contributed by atoms with Crippen LogP contribution >= 0.6 is 0 Å². The monoisotopic (exact) mass is 291 g/mol. The number of nitrogens with one attached hydrogen (secondary N) is 1. The molecule has 114 valence electrons. The largest absolute Gasteiger partial charge is 0.399 e. The fourth-order valence-electron chi connectivity index (χ4n) is 2.31. The Hall–Kier alpha value is -2.08. The number of hydrogen-bond acceptors (Lipinski definition) is 4. The van der Waals surface area contributed by atoms with Crippen LogP contribution < -0.4 is 11.1 Å². The summed E-state index contributed by atoms with van der Waals surface area (Å²) in [5, 5.41) is 2.64. The molecule has 1 aromatic rings. The topological polar surface area (TPSA) is 84.7 Å². The number of amides is 2. The van der Waals surface area contributed by atoms with E-state index in [1.807, 2.05) is 13.8 Å². The number of morpholine rings is 1. The van der Waals surface area contributed by atoms with Gasteiger partial charge in [-0.25, -0.2) is 0 Å². The summed E-state index contributed by atoms with van der Waals surface area (Å²) in [6, 6.07) is 6.57. The molecule has 0 atom stereocenters. The van der Waals surface area contributed by atoms with Gasteiger partial charge in [0.05, 0.1) is 25.3 Å². The molecule has 0 unspecified atom stereocenters. The predicted octanol–water partition coefficient (Wildman–Crippen LogP) is 0.636. The zero-order valence-corrected chi connectivity index (χ0v) is 12.4. The average Bonchev–Trinajstić information content (AvgIpc) is 2.44.